The van der Waals surface area contributed by atoms with E-state index in [1.165, 1.54) is 6.33 Å². The van der Waals surface area contributed by atoms with Crippen LogP contribution < -0.4 is 11.1 Å². The number of aromatic nitrogens is 2. The molecule has 1 aliphatic heterocycles. The Hall–Kier alpha value is -1.19. The molecule has 1 aromatic heterocycles. The first-order valence-corrected chi connectivity index (χ1v) is 6.51. The number of nitrogen functional groups attached to an aromatic ring is 1. The Kier molecular flexibility index (Phi) is 4.95. The fraction of sp³-hybridized carbons (Fsp3) is 0.636. The molecule has 1 fully saturated rings. The number of aliphatic hydroxyl groups is 3. The van der Waals surface area contributed by atoms with Gasteiger partial charge in [0.15, 0.2) is 11.0 Å². The number of halogens is 1. The van der Waals surface area contributed by atoms with Crippen LogP contribution in [0.25, 0.3) is 0 Å². The van der Waals surface area contributed by atoms with Gasteiger partial charge in [-0.25, -0.2) is 9.97 Å². The molecule has 0 aliphatic carbocycles. The molecule has 20 heavy (non-hydrogen) atoms. The van der Waals surface area contributed by atoms with Crippen molar-refractivity contribution in [1.82, 2.24) is 9.97 Å². The fourth-order valence-corrected chi connectivity index (χ4v) is 2.20. The number of hydrogen-bond acceptors (Lipinski definition) is 8. The highest BCUT2D eigenvalue weighted by Gasteiger charge is 2.34. The van der Waals surface area contributed by atoms with E-state index in [4.69, 9.17) is 22.1 Å². The van der Waals surface area contributed by atoms with Crippen molar-refractivity contribution in [2.24, 2.45) is 0 Å². The molecule has 1 aromatic rings. The third-order valence-electron chi connectivity index (χ3n) is 3.16. The van der Waals surface area contributed by atoms with Gasteiger partial charge in [0.1, 0.15) is 24.2 Å². The largest absolute Gasteiger partial charge is 0.394 e. The van der Waals surface area contributed by atoms with Gasteiger partial charge in [-0.05, 0) is 6.42 Å². The maximum absolute atomic E-state index is 10.2. The average molecular weight is 305 g/mol. The van der Waals surface area contributed by atoms with Crippen LogP contribution in [0.5, 0.6) is 0 Å². The van der Waals surface area contributed by atoms with E-state index >= 15 is 0 Å². The monoisotopic (exact) mass is 304 g/mol. The Bertz CT molecular complexity index is 464. The first-order chi connectivity index (χ1) is 9.52. The van der Waals surface area contributed by atoms with E-state index in [1.807, 2.05) is 0 Å². The van der Waals surface area contributed by atoms with Gasteiger partial charge >= 0.3 is 0 Å². The molecule has 1 aliphatic rings. The highest BCUT2D eigenvalue weighted by molar-refractivity contribution is 6.32. The predicted octanol–water partition coefficient (Wildman–Crippen LogP) is -1.00. The highest BCUT2D eigenvalue weighted by Crippen LogP contribution is 2.25. The summed E-state index contributed by atoms with van der Waals surface area (Å²) in [4.78, 5) is 7.68. The number of nitrogens with zero attached hydrogens (tertiary/aromatic N) is 2. The molecule has 0 aromatic carbocycles. The minimum atomic E-state index is -1.02. The Labute approximate surface area is 120 Å². The summed E-state index contributed by atoms with van der Waals surface area (Å²) in [7, 11) is 0. The molecular weight excluding hydrogens is 288 g/mol. The van der Waals surface area contributed by atoms with Crippen LogP contribution in [-0.2, 0) is 4.74 Å². The predicted molar refractivity (Wildman–Crippen MR) is 72.3 cm³/mol. The third-order valence-corrected chi connectivity index (χ3v) is 3.46. The molecule has 112 valence electrons. The summed E-state index contributed by atoms with van der Waals surface area (Å²) in [6.07, 6.45) is -1.12. The van der Waals surface area contributed by atoms with Crippen LogP contribution in [0, 0.1) is 0 Å². The van der Waals surface area contributed by atoms with Gasteiger partial charge in [-0.15, -0.1) is 0 Å². The van der Waals surface area contributed by atoms with Gasteiger partial charge in [-0.3, -0.25) is 0 Å². The van der Waals surface area contributed by atoms with Gasteiger partial charge in [-0.1, -0.05) is 11.6 Å². The Balaban J connectivity index is 2.18. The summed E-state index contributed by atoms with van der Waals surface area (Å²) in [6.45, 7) is -0.313. The van der Waals surface area contributed by atoms with Gasteiger partial charge < -0.3 is 31.1 Å². The van der Waals surface area contributed by atoms with E-state index in [0.717, 1.165) is 0 Å². The topological polar surface area (TPSA) is 134 Å². The lowest BCUT2D eigenvalue weighted by Crippen LogP contribution is -2.44. The second-order valence-corrected chi connectivity index (χ2v) is 4.97. The van der Waals surface area contributed by atoms with Crippen LogP contribution in [0.15, 0.2) is 6.33 Å². The van der Waals surface area contributed by atoms with E-state index in [0.29, 0.717) is 0 Å². The number of nitrogens with two attached hydrogens (primary N) is 1. The van der Waals surface area contributed by atoms with E-state index in [2.05, 4.69) is 15.3 Å². The maximum atomic E-state index is 10.2. The van der Waals surface area contributed by atoms with E-state index in [9.17, 15) is 15.3 Å². The van der Waals surface area contributed by atoms with Crippen LogP contribution in [0.1, 0.15) is 6.42 Å². The van der Waals surface area contributed by atoms with Gasteiger partial charge in [0.05, 0.1) is 25.4 Å². The fourth-order valence-electron chi connectivity index (χ4n) is 2.06. The Morgan fingerprint density at radius 2 is 2.20 bits per heavy atom. The van der Waals surface area contributed by atoms with Crippen molar-refractivity contribution < 1.29 is 20.1 Å². The Morgan fingerprint density at radius 1 is 1.45 bits per heavy atom. The van der Waals surface area contributed by atoms with Crippen LogP contribution in [0.2, 0.25) is 5.15 Å². The minimum Gasteiger partial charge on any atom is -0.394 e. The summed E-state index contributed by atoms with van der Waals surface area (Å²) in [5.74, 6) is 0.264. The summed E-state index contributed by atoms with van der Waals surface area (Å²) in [5.41, 5.74) is 5.90. The molecule has 2 rings (SSSR count). The van der Waals surface area contributed by atoms with Gasteiger partial charge in [-0.2, -0.15) is 0 Å². The quantitative estimate of drug-likeness (QED) is 0.449. The van der Waals surface area contributed by atoms with Gasteiger partial charge in [0.25, 0.3) is 0 Å². The standard InChI is InChI=1S/C11H17ClN4O4/c12-10-8(13)11(15-4-14-10)16-6-1-5(18)3-20-7(2-17)9(6)19/h4-7,9,17-19H,1-3,13H2,(H,14,15,16)/t5-,6+,7-,9-/m0/s1. The van der Waals surface area contributed by atoms with Crippen molar-refractivity contribution in [3.8, 4) is 0 Å². The molecular formula is C11H17ClN4O4. The van der Waals surface area contributed by atoms with Crippen molar-refractivity contribution in [2.45, 2.75) is 30.8 Å². The van der Waals surface area contributed by atoms with Crippen molar-refractivity contribution in [1.29, 1.82) is 0 Å². The molecule has 0 unspecified atom stereocenters. The highest BCUT2D eigenvalue weighted by atomic mass is 35.5. The second kappa shape index (κ2) is 6.51. The molecule has 0 saturated carbocycles. The first-order valence-electron chi connectivity index (χ1n) is 6.14. The molecule has 0 bridgehead atoms. The lowest BCUT2D eigenvalue weighted by Gasteiger charge is -2.27. The molecule has 2 heterocycles. The molecule has 0 radical (unpaired) electrons. The van der Waals surface area contributed by atoms with E-state index < -0.39 is 24.4 Å². The van der Waals surface area contributed by atoms with Gasteiger partial charge in [0.2, 0.25) is 0 Å². The molecule has 0 spiro atoms. The number of ether oxygens (including phenoxy) is 1. The number of hydrogen-bond donors (Lipinski definition) is 5. The number of rotatable bonds is 3. The smallest absolute Gasteiger partial charge is 0.157 e. The second-order valence-electron chi connectivity index (χ2n) is 4.61. The zero-order valence-corrected chi connectivity index (χ0v) is 11.4. The van der Waals surface area contributed by atoms with Crippen LogP contribution in [0.4, 0.5) is 11.5 Å². The molecule has 1 saturated heterocycles. The molecule has 8 nitrogen and oxygen atoms in total. The van der Waals surface area contributed by atoms with Crippen LogP contribution >= 0.6 is 11.6 Å². The van der Waals surface area contributed by atoms with Crippen molar-refractivity contribution >= 4 is 23.1 Å². The molecule has 0 amide bonds. The lowest BCUT2D eigenvalue weighted by atomic mass is 10.0. The number of nitrogens with one attached hydrogen (secondary N) is 1. The summed E-state index contributed by atoms with van der Waals surface area (Å²) in [5, 5.41) is 32.1. The molecule has 4 atom stereocenters. The normalized spacial score (nSPS) is 30.8. The lowest BCUT2D eigenvalue weighted by molar-refractivity contribution is -0.0675. The summed E-state index contributed by atoms with van der Waals surface area (Å²) < 4.78 is 5.22. The van der Waals surface area contributed by atoms with Crippen molar-refractivity contribution in [3.05, 3.63) is 11.5 Å². The van der Waals surface area contributed by atoms with Crippen LogP contribution in [0.3, 0.4) is 0 Å². The SMILES string of the molecule is Nc1c(Cl)ncnc1N[C@@H]1C[C@H](O)CO[C@@H](CO)[C@H]1O. The van der Waals surface area contributed by atoms with E-state index in [-0.39, 0.29) is 36.3 Å². The first kappa shape index (κ1) is 15.2. The molecule has 9 heteroatoms. The molecule has 6 N–H and O–H groups in total. The maximum Gasteiger partial charge on any atom is 0.157 e. The van der Waals surface area contributed by atoms with Crippen LogP contribution in [-0.4, -0.2) is 62.9 Å². The Morgan fingerprint density at radius 3 is 2.90 bits per heavy atom. The zero-order valence-electron chi connectivity index (χ0n) is 10.6. The zero-order chi connectivity index (χ0) is 14.7. The number of anilines is 2. The third kappa shape index (κ3) is 3.28. The summed E-state index contributed by atoms with van der Waals surface area (Å²) >= 11 is 5.79. The summed E-state index contributed by atoms with van der Waals surface area (Å²) in [6, 6.07) is -0.585. The number of aliphatic hydroxyl groups excluding tert-OH is 3. The van der Waals surface area contributed by atoms with Gasteiger partial charge in [0, 0.05) is 0 Å². The minimum absolute atomic E-state index is 0.0421. The van der Waals surface area contributed by atoms with Crippen molar-refractivity contribution in [2.75, 3.05) is 24.3 Å². The van der Waals surface area contributed by atoms with E-state index in [1.54, 1.807) is 0 Å². The average Bonchev–Trinajstić information content (AvgIpc) is 2.55. The van der Waals surface area contributed by atoms with Crippen molar-refractivity contribution in [3.63, 3.8) is 0 Å².